The Morgan fingerprint density at radius 3 is 3.00 bits per heavy atom. The fraction of sp³-hybridized carbons (Fsp3) is 0.571. The van der Waals surface area contributed by atoms with E-state index in [4.69, 9.17) is 4.74 Å². The molecule has 1 aromatic rings. The molecule has 0 saturated carbocycles. The predicted molar refractivity (Wildman–Crippen MR) is 66.0 cm³/mol. The second-order valence-electron chi connectivity index (χ2n) is 4.93. The van der Waals surface area contributed by atoms with Crippen LogP contribution in [-0.2, 0) is 11.2 Å². The van der Waals surface area contributed by atoms with Gasteiger partial charge in [0, 0.05) is 19.4 Å². The summed E-state index contributed by atoms with van der Waals surface area (Å²) in [5.74, 6) is 0.255. The van der Waals surface area contributed by atoms with E-state index in [0.29, 0.717) is 25.9 Å². The van der Waals surface area contributed by atoms with Crippen molar-refractivity contribution in [2.75, 3.05) is 6.61 Å². The standard InChI is InChI=1S/C14H20O3/c1-2-13-10-14(16,6-7-17-13)9-11-4-3-5-12(15)8-11/h3-5,8,13,15-16H,2,6-7,9-10H2,1H3. The van der Waals surface area contributed by atoms with Gasteiger partial charge in [0.2, 0.25) is 0 Å². The normalized spacial score (nSPS) is 29.2. The van der Waals surface area contributed by atoms with Crippen molar-refractivity contribution in [3.8, 4) is 5.75 Å². The highest BCUT2D eigenvalue weighted by Gasteiger charge is 2.34. The summed E-state index contributed by atoms with van der Waals surface area (Å²) in [5.41, 5.74) is 0.288. The van der Waals surface area contributed by atoms with Crippen LogP contribution in [0.1, 0.15) is 31.7 Å². The van der Waals surface area contributed by atoms with Gasteiger partial charge in [-0.25, -0.2) is 0 Å². The highest BCUT2D eigenvalue weighted by molar-refractivity contribution is 5.28. The number of hydrogen-bond acceptors (Lipinski definition) is 3. The number of aliphatic hydroxyl groups is 1. The number of hydrogen-bond donors (Lipinski definition) is 2. The van der Waals surface area contributed by atoms with Gasteiger partial charge in [-0.2, -0.15) is 0 Å². The second-order valence-corrected chi connectivity index (χ2v) is 4.93. The van der Waals surface area contributed by atoms with Gasteiger partial charge in [-0.15, -0.1) is 0 Å². The third kappa shape index (κ3) is 3.20. The lowest BCUT2D eigenvalue weighted by atomic mass is 9.84. The van der Waals surface area contributed by atoms with E-state index in [1.807, 2.05) is 12.1 Å². The highest BCUT2D eigenvalue weighted by atomic mass is 16.5. The molecular weight excluding hydrogens is 216 g/mol. The molecule has 1 aliphatic heterocycles. The van der Waals surface area contributed by atoms with E-state index in [0.717, 1.165) is 12.0 Å². The van der Waals surface area contributed by atoms with Crippen LogP contribution in [0, 0.1) is 0 Å². The monoisotopic (exact) mass is 236 g/mol. The van der Waals surface area contributed by atoms with Crippen molar-refractivity contribution in [3.05, 3.63) is 29.8 Å². The Morgan fingerprint density at radius 2 is 2.29 bits per heavy atom. The lowest BCUT2D eigenvalue weighted by Crippen LogP contribution is -2.42. The Labute approximate surface area is 102 Å². The molecule has 0 spiro atoms. The maximum Gasteiger partial charge on any atom is 0.115 e. The third-order valence-corrected chi connectivity index (χ3v) is 3.43. The van der Waals surface area contributed by atoms with Crippen LogP contribution < -0.4 is 0 Å². The molecule has 0 radical (unpaired) electrons. The third-order valence-electron chi connectivity index (χ3n) is 3.43. The van der Waals surface area contributed by atoms with E-state index in [-0.39, 0.29) is 11.9 Å². The highest BCUT2D eigenvalue weighted by Crippen LogP contribution is 2.30. The van der Waals surface area contributed by atoms with E-state index in [9.17, 15) is 10.2 Å². The van der Waals surface area contributed by atoms with Crippen molar-refractivity contribution in [1.29, 1.82) is 0 Å². The minimum atomic E-state index is -0.688. The zero-order chi connectivity index (χ0) is 12.3. The first-order valence-corrected chi connectivity index (χ1v) is 6.23. The van der Waals surface area contributed by atoms with Crippen LogP contribution in [0.15, 0.2) is 24.3 Å². The molecule has 0 aromatic heterocycles. The molecule has 1 fully saturated rings. The van der Waals surface area contributed by atoms with Crippen LogP contribution in [0.3, 0.4) is 0 Å². The maximum atomic E-state index is 10.6. The summed E-state index contributed by atoms with van der Waals surface area (Å²) in [6.07, 6.45) is 3.02. The van der Waals surface area contributed by atoms with Crippen LogP contribution in [-0.4, -0.2) is 28.5 Å². The number of ether oxygens (including phenoxy) is 1. The average molecular weight is 236 g/mol. The smallest absolute Gasteiger partial charge is 0.115 e. The van der Waals surface area contributed by atoms with Gasteiger partial charge in [0.05, 0.1) is 11.7 Å². The summed E-state index contributed by atoms with van der Waals surface area (Å²) in [7, 11) is 0. The second kappa shape index (κ2) is 5.07. The zero-order valence-corrected chi connectivity index (χ0v) is 10.2. The van der Waals surface area contributed by atoms with E-state index in [1.165, 1.54) is 0 Å². The van der Waals surface area contributed by atoms with Gasteiger partial charge in [0.15, 0.2) is 0 Å². The lowest BCUT2D eigenvalue weighted by molar-refractivity contribution is -0.103. The van der Waals surface area contributed by atoms with Gasteiger partial charge in [-0.1, -0.05) is 19.1 Å². The molecule has 1 heterocycles. The minimum absolute atomic E-state index is 0.158. The maximum absolute atomic E-state index is 10.6. The van der Waals surface area contributed by atoms with Crippen molar-refractivity contribution in [3.63, 3.8) is 0 Å². The summed E-state index contributed by atoms with van der Waals surface area (Å²) in [6, 6.07) is 7.11. The fourth-order valence-electron chi connectivity index (χ4n) is 2.47. The zero-order valence-electron chi connectivity index (χ0n) is 10.2. The molecule has 3 nitrogen and oxygen atoms in total. The number of rotatable bonds is 3. The number of phenols is 1. The van der Waals surface area contributed by atoms with Crippen molar-refractivity contribution >= 4 is 0 Å². The molecule has 3 heteroatoms. The molecule has 2 N–H and O–H groups in total. The minimum Gasteiger partial charge on any atom is -0.508 e. The first kappa shape index (κ1) is 12.4. The average Bonchev–Trinajstić information content (AvgIpc) is 2.28. The number of phenolic OH excluding ortho intramolecular Hbond substituents is 1. The number of aromatic hydroxyl groups is 1. The number of benzene rings is 1. The molecule has 94 valence electrons. The summed E-state index contributed by atoms with van der Waals surface area (Å²) < 4.78 is 5.57. The summed E-state index contributed by atoms with van der Waals surface area (Å²) >= 11 is 0. The van der Waals surface area contributed by atoms with Gasteiger partial charge in [-0.05, 0) is 30.5 Å². The predicted octanol–water partition coefficient (Wildman–Crippen LogP) is 2.25. The molecular formula is C14H20O3. The Morgan fingerprint density at radius 1 is 1.47 bits per heavy atom. The van der Waals surface area contributed by atoms with E-state index < -0.39 is 5.60 Å². The van der Waals surface area contributed by atoms with Crippen molar-refractivity contribution in [2.45, 2.75) is 44.3 Å². The Bertz CT molecular complexity index is 377. The molecule has 1 aliphatic rings. The van der Waals surface area contributed by atoms with Gasteiger partial charge >= 0.3 is 0 Å². The SMILES string of the molecule is CCC1CC(O)(Cc2cccc(O)c2)CCO1. The van der Waals surface area contributed by atoms with Crippen LogP contribution in [0.25, 0.3) is 0 Å². The van der Waals surface area contributed by atoms with Crippen molar-refractivity contribution in [1.82, 2.24) is 0 Å². The molecule has 1 aromatic carbocycles. The van der Waals surface area contributed by atoms with E-state index in [2.05, 4.69) is 6.92 Å². The van der Waals surface area contributed by atoms with Gasteiger partial charge in [0.25, 0.3) is 0 Å². The molecule has 2 atom stereocenters. The largest absolute Gasteiger partial charge is 0.508 e. The Balaban J connectivity index is 2.06. The first-order valence-electron chi connectivity index (χ1n) is 6.23. The molecule has 0 amide bonds. The molecule has 0 aliphatic carbocycles. The molecule has 0 bridgehead atoms. The molecule has 2 rings (SSSR count). The van der Waals surface area contributed by atoms with Crippen LogP contribution >= 0.6 is 0 Å². The molecule has 1 saturated heterocycles. The quantitative estimate of drug-likeness (QED) is 0.846. The summed E-state index contributed by atoms with van der Waals surface area (Å²) in [6.45, 7) is 2.69. The summed E-state index contributed by atoms with van der Waals surface area (Å²) in [5, 5.41) is 20.0. The molecule has 2 unspecified atom stereocenters. The van der Waals surface area contributed by atoms with Gasteiger partial charge in [-0.3, -0.25) is 0 Å². The first-order chi connectivity index (χ1) is 8.11. The van der Waals surface area contributed by atoms with Crippen molar-refractivity contribution < 1.29 is 14.9 Å². The molecule has 17 heavy (non-hydrogen) atoms. The van der Waals surface area contributed by atoms with Crippen molar-refractivity contribution in [2.24, 2.45) is 0 Å². The lowest BCUT2D eigenvalue weighted by Gasteiger charge is -2.36. The summed E-state index contributed by atoms with van der Waals surface area (Å²) in [4.78, 5) is 0. The fourth-order valence-corrected chi connectivity index (χ4v) is 2.47. The topological polar surface area (TPSA) is 49.7 Å². The van der Waals surface area contributed by atoms with Gasteiger partial charge in [0.1, 0.15) is 5.75 Å². The Kier molecular flexibility index (Phi) is 3.69. The van der Waals surface area contributed by atoms with Crippen LogP contribution in [0.5, 0.6) is 5.75 Å². The van der Waals surface area contributed by atoms with Crippen LogP contribution in [0.4, 0.5) is 0 Å². The van der Waals surface area contributed by atoms with Crippen LogP contribution in [0.2, 0.25) is 0 Å². The Hall–Kier alpha value is -1.06. The van der Waals surface area contributed by atoms with E-state index in [1.54, 1.807) is 12.1 Å². The van der Waals surface area contributed by atoms with Gasteiger partial charge < -0.3 is 14.9 Å². The van der Waals surface area contributed by atoms with E-state index >= 15 is 0 Å².